The summed E-state index contributed by atoms with van der Waals surface area (Å²) < 4.78 is 11.1. The van der Waals surface area contributed by atoms with Gasteiger partial charge in [-0.05, 0) is 24.6 Å². The number of fused-ring (bicyclic) bond motifs is 1. The molecule has 0 aliphatic carbocycles. The summed E-state index contributed by atoms with van der Waals surface area (Å²) in [6, 6.07) is 2.59. The zero-order valence-corrected chi connectivity index (χ0v) is 14.3. The highest BCUT2D eigenvalue weighted by Gasteiger charge is 2.35. The third-order valence-corrected chi connectivity index (χ3v) is 4.37. The van der Waals surface area contributed by atoms with E-state index in [-0.39, 0.29) is 24.1 Å². The Balaban J connectivity index is 1.90. The molecule has 0 bridgehead atoms. The Bertz CT molecular complexity index is 718. The Morgan fingerprint density at radius 1 is 1.28 bits per heavy atom. The van der Waals surface area contributed by atoms with Crippen molar-refractivity contribution in [1.29, 1.82) is 0 Å². The minimum Gasteiger partial charge on any atom is -0.486 e. The number of rotatable bonds is 3. The zero-order valence-electron chi connectivity index (χ0n) is 14.3. The van der Waals surface area contributed by atoms with Gasteiger partial charge in [0.15, 0.2) is 11.5 Å². The van der Waals surface area contributed by atoms with Gasteiger partial charge in [-0.1, -0.05) is 0 Å². The molecule has 1 saturated heterocycles. The largest absolute Gasteiger partial charge is 0.486 e. The maximum atomic E-state index is 13.0. The smallest absolute Gasteiger partial charge is 0.255 e. The predicted molar refractivity (Wildman–Crippen MR) is 88.7 cm³/mol. The topological polar surface area (TPSA) is 97.0 Å². The van der Waals surface area contributed by atoms with E-state index < -0.39 is 6.04 Å². The first-order valence-electron chi connectivity index (χ1n) is 8.20. The van der Waals surface area contributed by atoms with E-state index >= 15 is 0 Å². The van der Waals surface area contributed by atoms with Crippen LogP contribution in [0.15, 0.2) is 12.1 Å². The molecule has 8 nitrogen and oxygen atoms in total. The summed E-state index contributed by atoms with van der Waals surface area (Å²) in [5.74, 6) is 0.221. The molecule has 0 spiro atoms. The molecule has 2 aliphatic rings. The monoisotopic (exact) mass is 347 g/mol. The third kappa shape index (κ3) is 3.38. The highest BCUT2D eigenvalue weighted by atomic mass is 16.6. The Labute approximate surface area is 145 Å². The van der Waals surface area contributed by atoms with Crippen LogP contribution in [0.2, 0.25) is 0 Å². The van der Waals surface area contributed by atoms with Crippen LogP contribution in [-0.4, -0.2) is 62.0 Å². The van der Waals surface area contributed by atoms with Crippen molar-refractivity contribution in [2.24, 2.45) is 0 Å². The maximum absolute atomic E-state index is 13.0. The molecule has 0 saturated carbocycles. The molecular formula is C17H21N3O5. The van der Waals surface area contributed by atoms with Crippen LogP contribution in [0, 0.1) is 6.92 Å². The number of amides is 3. The molecule has 134 valence electrons. The Hall–Kier alpha value is -2.77. The number of nitrogens with zero attached hydrogens (tertiary/aromatic N) is 1. The second-order valence-corrected chi connectivity index (χ2v) is 5.99. The molecule has 1 atom stereocenters. The lowest BCUT2D eigenvalue weighted by Crippen LogP contribution is -2.58. The van der Waals surface area contributed by atoms with Crippen molar-refractivity contribution < 1.29 is 23.9 Å². The number of nitrogens with one attached hydrogen (secondary N) is 2. The average molecular weight is 347 g/mol. The van der Waals surface area contributed by atoms with Crippen LogP contribution in [0.25, 0.3) is 0 Å². The maximum Gasteiger partial charge on any atom is 0.255 e. The molecule has 0 radical (unpaired) electrons. The molecule has 0 aromatic heterocycles. The summed E-state index contributed by atoms with van der Waals surface area (Å²) in [5.41, 5.74) is 1.18. The minimum atomic E-state index is -0.825. The summed E-state index contributed by atoms with van der Waals surface area (Å²) >= 11 is 0. The van der Waals surface area contributed by atoms with Crippen LogP contribution < -0.4 is 20.1 Å². The van der Waals surface area contributed by atoms with E-state index in [1.54, 1.807) is 12.1 Å². The van der Waals surface area contributed by atoms with Gasteiger partial charge in [0.05, 0.1) is 6.42 Å². The SMILES string of the molecule is CNC(=O)C[C@@H]1C(=O)NCCN1C(=O)c1cc2c(cc1C)OCCO2. The summed E-state index contributed by atoms with van der Waals surface area (Å²) in [7, 11) is 1.50. The minimum absolute atomic E-state index is 0.0718. The van der Waals surface area contributed by atoms with Crippen LogP contribution in [-0.2, 0) is 9.59 Å². The van der Waals surface area contributed by atoms with Gasteiger partial charge in [0.1, 0.15) is 19.3 Å². The lowest BCUT2D eigenvalue weighted by atomic mass is 10.0. The van der Waals surface area contributed by atoms with Crippen LogP contribution in [0.3, 0.4) is 0 Å². The number of hydrogen-bond acceptors (Lipinski definition) is 5. The molecule has 3 rings (SSSR count). The van der Waals surface area contributed by atoms with Gasteiger partial charge in [-0.3, -0.25) is 14.4 Å². The van der Waals surface area contributed by atoms with Crippen molar-refractivity contribution in [3.05, 3.63) is 23.3 Å². The number of hydrogen-bond donors (Lipinski definition) is 2. The van der Waals surface area contributed by atoms with Gasteiger partial charge < -0.3 is 25.0 Å². The Morgan fingerprint density at radius 2 is 1.96 bits per heavy atom. The average Bonchev–Trinajstić information content (AvgIpc) is 2.62. The van der Waals surface area contributed by atoms with E-state index in [4.69, 9.17) is 9.47 Å². The molecule has 2 N–H and O–H groups in total. The molecular weight excluding hydrogens is 326 g/mol. The van der Waals surface area contributed by atoms with Crippen LogP contribution in [0.1, 0.15) is 22.3 Å². The molecule has 1 aromatic rings. The molecule has 1 aromatic carbocycles. The van der Waals surface area contributed by atoms with Crippen molar-refractivity contribution >= 4 is 17.7 Å². The number of carbonyl (C=O) groups excluding carboxylic acids is 3. The molecule has 0 unspecified atom stereocenters. The zero-order chi connectivity index (χ0) is 18.0. The van der Waals surface area contributed by atoms with Crippen molar-refractivity contribution in [2.45, 2.75) is 19.4 Å². The van der Waals surface area contributed by atoms with E-state index in [0.29, 0.717) is 43.4 Å². The van der Waals surface area contributed by atoms with Gasteiger partial charge in [-0.15, -0.1) is 0 Å². The van der Waals surface area contributed by atoms with Crippen LogP contribution in [0.5, 0.6) is 11.5 Å². The van der Waals surface area contributed by atoms with E-state index in [1.807, 2.05) is 6.92 Å². The first-order valence-corrected chi connectivity index (χ1v) is 8.20. The highest BCUT2D eigenvalue weighted by molar-refractivity contribution is 6.01. The van der Waals surface area contributed by atoms with Crippen LogP contribution >= 0.6 is 0 Å². The number of carbonyl (C=O) groups is 3. The first-order chi connectivity index (χ1) is 12.0. The predicted octanol–water partition coefficient (Wildman–Crippen LogP) is -0.157. The van der Waals surface area contributed by atoms with Gasteiger partial charge >= 0.3 is 0 Å². The fraction of sp³-hybridized carbons (Fsp3) is 0.471. The molecule has 8 heteroatoms. The Kier molecular flexibility index (Phi) is 4.78. The normalized spacial score (nSPS) is 19.2. The second kappa shape index (κ2) is 7.00. The van der Waals surface area contributed by atoms with Crippen molar-refractivity contribution in [3.63, 3.8) is 0 Å². The summed E-state index contributed by atoms with van der Waals surface area (Å²) in [4.78, 5) is 38.4. The van der Waals surface area contributed by atoms with Crippen molar-refractivity contribution in [3.8, 4) is 11.5 Å². The molecule has 2 heterocycles. The standard InChI is InChI=1S/C17H21N3O5/c1-10-7-13-14(25-6-5-24-13)8-11(10)17(23)20-4-3-19-16(22)12(20)9-15(21)18-2/h7-8,12H,3-6,9H2,1-2H3,(H,18,21)(H,19,22)/t12-/m1/s1. The lowest BCUT2D eigenvalue weighted by molar-refractivity contribution is -0.132. The van der Waals surface area contributed by atoms with Crippen molar-refractivity contribution in [1.82, 2.24) is 15.5 Å². The first kappa shape index (κ1) is 17.1. The number of ether oxygens (including phenoxy) is 2. The molecule has 1 fully saturated rings. The third-order valence-electron chi connectivity index (χ3n) is 4.37. The fourth-order valence-electron chi connectivity index (χ4n) is 3.01. The van der Waals surface area contributed by atoms with Crippen molar-refractivity contribution in [2.75, 3.05) is 33.4 Å². The van der Waals surface area contributed by atoms with Crippen LogP contribution in [0.4, 0.5) is 0 Å². The number of aryl methyl sites for hydroxylation is 1. The van der Waals surface area contributed by atoms with Gasteiger partial charge in [0.25, 0.3) is 5.91 Å². The molecule has 25 heavy (non-hydrogen) atoms. The fourth-order valence-corrected chi connectivity index (χ4v) is 3.01. The van der Waals surface area contributed by atoms with E-state index in [1.165, 1.54) is 11.9 Å². The van der Waals surface area contributed by atoms with E-state index in [9.17, 15) is 14.4 Å². The van der Waals surface area contributed by atoms with Gasteiger partial charge in [-0.25, -0.2) is 0 Å². The quantitative estimate of drug-likeness (QED) is 0.792. The van der Waals surface area contributed by atoms with Gasteiger partial charge in [0, 0.05) is 25.7 Å². The lowest BCUT2D eigenvalue weighted by Gasteiger charge is -2.35. The summed E-state index contributed by atoms with van der Waals surface area (Å²) in [6.07, 6.45) is -0.0718. The summed E-state index contributed by atoms with van der Waals surface area (Å²) in [5, 5.41) is 5.20. The summed E-state index contributed by atoms with van der Waals surface area (Å²) in [6.45, 7) is 3.41. The van der Waals surface area contributed by atoms with E-state index in [2.05, 4.69) is 10.6 Å². The number of benzene rings is 1. The second-order valence-electron chi connectivity index (χ2n) is 5.99. The van der Waals surface area contributed by atoms with Gasteiger partial charge in [-0.2, -0.15) is 0 Å². The highest BCUT2D eigenvalue weighted by Crippen LogP contribution is 2.33. The molecule has 2 aliphatic heterocycles. The molecule has 3 amide bonds. The van der Waals surface area contributed by atoms with E-state index in [0.717, 1.165) is 5.56 Å². The number of piperazine rings is 1. The van der Waals surface area contributed by atoms with Gasteiger partial charge in [0.2, 0.25) is 11.8 Å². The Morgan fingerprint density at radius 3 is 2.64 bits per heavy atom.